The predicted molar refractivity (Wildman–Crippen MR) is 262 cm³/mol. The Kier molecular flexibility index (Phi) is 208. The summed E-state index contributed by atoms with van der Waals surface area (Å²) in [5.74, 6) is 0. The van der Waals surface area contributed by atoms with Crippen molar-refractivity contribution in [1.82, 2.24) is 0 Å². The minimum atomic E-state index is -2.33. The molecule has 0 saturated heterocycles. The summed E-state index contributed by atoms with van der Waals surface area (Å²) in [7, 11) is 0. The second-order valence-corrected chi connectivity index (χ2v) is 10.9. The maximum absolute atomic E-state index is 9.92. The van der Waals surface area contributed by atoms with Gasteiger partial charge in [-0.05, 0) is 13.0 Å². The van der Waals surface area contributed by atoms with E-state index in [9.17, 15) is 83.4 Å². The minimum absolute atomic E-state index is 0.873. The molecule has 0 amide bonds. The molecule has 0 heterocycles. The molecule has 0 aromatic rings. The van der Waals surface area contributed by atoms with Gasteiger partial charge in [-0.25, -0.2) is 91.1 Å². The van der Waals surface area contributed by atoms with E-state index < -0.39 is 118 Å². The molecule has 0 aliphatic rings. The normalized spacial score (nSPS) is 7.21. The van der Waals surface area contributed by atoms with E-state index in [0.29, 0.717) is 0 Å². The molecule has 0 aliphatic carbocycles. The van der Waals surface area contributed by atoms with Crippen molar-refractivity contribution in [3.05, 3.63) is 0 Å². The molecule has 0 saturated carbocycles. The maximum atomic E-state index is 9.92. The fourth-order valence-corrected chi connectivity index (χ4v) is 2.69. The van der Waals surface area contributed by atoms with Gasteiger partial charge in [0.1, 0.15) is 0 Å². The number of nitrogens with two attached hydrogens (primary N) is 1. The van der Waals surface area contributed by atoms with E-state index in [1.165, 1.54) is 103 Å². The van der Waals surface area contributed by atoms with Crippen LogP contribution in [-0.2, 0) is 0 Å². The lowest BCUT2D eigenvalue weighted by atomic mass is 10.0. The second-order valence-electron chi connectivity index (χ2n) is 10.9. The topological polar surface area (TPSA) is 735 Å². The molecular weight excluding hydrogens is 1430 g/mol. The SMILES string of the molecule is CCCCCCCCCCCCCCCCCCN.O=C(O)F.O=C(O)F.O=C(O)F.O=C(O)F.O=C(O)F.O=C(O)F.O=C(O)F.O=C(O)F.O=C(O)F.O=C(O)F.O=C(O)F.O=C(O)F.O=C(O)F.O=C(O)F.O=C(O)F.O=C(O)F.O=C(O)F.O=C(O)F.O=C(O)F. The molecule has 39 nitrogen and oxygen atoms in total. The number of hydrogen-bond acceptors (Lipinski definition) is 20. The van der Waals surface area contributed by atoms with E-state index in [-0.39, 0.29) is 0 Å². The van der Waals surface area contributed by atoms with Gasteiger partial charge in [-0.3, -0.25) is 0 Å². The zero-order chi connectivity index (χ0) is 82.0. The van der Waals surface area contributed by atoms with Crippen molar-refractivity contribution < 1.29 is 272 Å². The largest absolute Gasteiger partial charge is 0.492 e. The third-order valence-electron chi connectivity index (χ3n) is 4.06. The van der Waals surface area contributed by atoms with Crippen LogP contribution in [0.3, 0.4) is 0 Å². The van der Waals surface area contributed by atoms with Gasteiger partial charge in [-0.2, -0.15) is 0 Å². The van der Waals surface area contributed by atoms with Crippen molar-refractivity contribution in [3.8, 4) is 0 Å². The molecule has 0 spiro atoms. The highest BCUT2D eigenvalue weighted by Gasteiger charge is 1.94. The third kappa shape index (κ3) is 25800. The van der Waals surface area contributed by atoms with E-state index in [4.69, 9.17) is 194 Å². The molecule has 58 heteroatoms. The molecule has 0 fully saturated rings. The number of unbranched alkanes of at least 4 members (excludes halogenated alkanes) is 15. The molecule has 572 valence electrons. The van der Waals surface area contributed by atoms with E-state index >= 15 is 0 Å². The van der Waals surface area contributed by atoms with Crippen molar-refractivity contribution >= 4 is 118 Å². The van der Waals surface area contributed by atoms with Gasteiger partial charge in [0.15, 0.2) is 0 Å². The van der Waals surface area contributed by atoms with Gasteiger partial charge < -0.3 is 103 Å². The zero-order valence-corrected chi connectivity index (χ0v) is 46.5. The lowest BCUT2D eigenvalue weighted by molar-refractivity contribution is 0.167. The van der Waals surface area contributed by atoms with Gasteiger partial charge in [0.05, 0.1) is 0 Å². The summed E-state index contributed by atoms with van der Waals surface area (Å²) in [6.07, 6.45) is -21.5. The van der Waals surface area contributed by atoms with Crippen LogP contribution in [0.2, 0.25) is 0 Å². The molecule has 0 radical (unpaired) electrons. The quantitative estimate of drug-likeness (QED) is 0.0388. The molecular formula is C37H58F19NO38. The molecule has 21 N–H and O–H groups in total. The smallest absolute Gasteiger partial charge is 0.456 e. The first-order valence-electron chi connectivity index (χ1n) is 20.8. The summed E-state index contributed by atoms with van der Waals surface area (Å²) >= 11 is 0. The van der Waals surface area contributed by atoms with Crippen molar-refractivity contribution in [2.45, 2.75) is 110 Å². The first-order valence-corrected chi connectivity index (χ1v) is 20.8. The zero-order valence-electron chi connectivity index (χ0n) is 46.5. The Morgan fingerprint density at radius 1 is 0.168 bits per heavy atom. The summed E-state index contributed by atoms with van der Waals surface area (Å²) in [6.45, 7) is 3.16. The first-order chi connectivity index (χ1) is 42.3. The fourth-order valence-electron chi connectivity index (χ4n) is 2.69. The van der Waals surface area contributed by atoms with Crippen LogP contribution in [-0.4, -0.2) is 222 Å². The second kappa shape index (κ2) is 140. The Morgan fingerprint density at radius 2 is 0.221 bits per heavy atom. The maximum Gasteiger partial charge on any atom is 0.492 e. The monoisotopic (exact) mass is 1490 g/mol. The summed E-state index contributed by atoms with van der Waals surface area (Å²) < 4.78 is 188. The van der Waals surface area contributed by atoms with Crippen LogP contribution in [0, 0.1) is 0 Å². The molecule has 0 bridgehead atoms. The minimum Gasteiger partial charge on any atom is -0.456 e. The van der Waals surface area contributed by atoms with Crippen LogP contribution in [0.4, 0.5) is 175 Å². The highest BCUT2D eigenvalue weighted by Crippen LogP contribution is 2.13. The van der Waals surface area contributed by atoms with Gasteiger partial charge in [-0.1, -0.05) is 103 Å². The predicted octanol–water partition coefficient (Wildman–Crippen LogP) is 18.3. The summed E-state index contributed by atoms with van der Waals surface area (Å²) in [4.78, 5) is 158. The van der Waals surface area contributed by atoms with E-state index in [1.54, 1.807) is 0 Å². The lowest BCUT2D eigenvalue weighted by Gasteiger charge is -2.03. The molecule has 0 unspecified atom stereocenters. The molecule has 95 heavy (non-hydrogen) atoms. The van der Waals surface area contributed by atoms with Gasteiger partial charge in [0, 0.05) is 0 Å². The van der Waals surface area contributed by atoms with Crippen LogP contribution >= 0.6 is 0 Å². The third-order valence-corrected chi connectivity index (χ3v) is 4.06. The average molecular weight is 1490 g/mol. The van der Waals surface area contributed by atoms with Gasteiger partial charge in [-0.15, -0.1) is 83.4 Å². The van der Waals surface area contributed by atoms with Crippen molar-refractivity contribution in [3.63, 3.8) is 0 Å². The summed E-state index contributed by atoms with van der Waals surface area (Å²) in [5.41, 5.74) is 5.48. The number of carbonyl (C=O) groups is 19. The molecule has 0 aliphatic heterocycles. The Balaban J connectivity index is -0.0000000360. The van der Waals surface area contributed by atoms with Crippen LogP contribution in [0.5, 0.6) is 0 Å². The molecule has 0 aromatic carbocycles. The molecule has 0 aromatic heterocycles. The first kappa shape index (κ1) is 141. The lowest BCUT2D eigenvalue weighted by Crippen LogP contribution is -1.97. The van der Waals surface area contributed by atoms with Gasteiger partial charge in [0.25, 0.3) is 0 Å². The molecule has 0 atom stereocenters. The molecule has 0 rings (SSSR count). The number of carboxylic acid groups (broad SMARTS) is 19. The summed E-state index contributed by atoms with van der Waals surface area (Å²) in [5, 5.41) is 128. The van der Waals surface area contributed by atoms with Crippen molar-refractivity contribution in [1.29, 1.82) is 0 Å². The Morgan fingerprint density at radius 3 is 0.274 bits per heavy atom. The van der Waals surface area contributed by atoms with Gasteiger partial charge >= 0.3 is 118 Å². The number of rotatable bonds is 16. The van der Waals surface area contributed by atoms with Crippen LogP contribution < -0.4 is 5.73 Å². The van der Waals surface area contributed by atoms with Crippen molar-refractivity contribution in [2.75, 3.05) is 6.54 Å². The van der Waals surface area contributed by atoms with Crippen LogP contribution in [0.25, 0.3) is 0 Å². The Labute approximate surface area is 512 Å². The average Bonchev–Trinajstić information content (AvgIpc) is 3.26. The van der Waals surface area contributed by atoms with Gasteiger partial charge in [0.2, 0.25) is 0 Å². The van der Waals surface area contributed by atoms with Crippen LogP contribution in [0.15, 0.2) is 0 Å². The standard InChI is InChI=1S/C18H39N.19CHFO2/c1-2-3-4-5-6-7-8-9-10-11-12-13-14-15-16-17-18-19;19*2-1(3)4/h2-19H2,1H3;19*(H,3,4). The number of hydrogen-bond donors (Lipinski definition) is 20. The van der Waals surface area contributed by atoms with E-state index in [2.05, 4.69) is 6.92 Å². The number of halogens is 19. The Bertz CT molecular complexity index is 1340. The fraction of sp³-hybridized carbons (Fsp3) is 0.486. The van der Waals surface area contributed by atoms with Crippen LogP contribution in [0.1, 0.15) is 110 Å². The highest BCUT2D eigenvalue weighted by atomic mass is 19.2. The van der Waals surface area contributed by atoms with E-state index in [1.807, 2.05) is 0 Å². The Hall–Kier alpha value is -11.4. The summed E-state index contributed by atoms with van der Waals surface area (Å²) in [6, 6.07) is 0. The van der Waals surface area contributed by atoms with Crippen molar-refractivity contribution in [2.24, 2.45) is 5.73 Å². The van der Waals surface area contributed by atoms with E-state index in [0.717, 1.165) is 6.54 Å². The highest BCUT2D eigenvalue weighted by molar-refractivity contribution is 5.58.